The summed E-state index contributed by atoms with van der Waals surface area (Å²) in [6.45, 7) is 6.65. The fourth-order valence-corrected chi connectivity index (χ4v) is 1.58. The summed E-state index contributed by atoms with van der Waals surface area (Å²) < 4.78 is 0. The Kier molecular flexibility index (Phi) is 1.53. The van der Waals surface area contributed by atoms with Crippen molar-refractivity contribution in [3.8, 4) is 0 Å². The van der Waals surface area contributed by atoms with E-state index in [1.54, 1.807) is 12.4 Å². The van der Waals surface area contributed by atoms with Crippen LogP contribution in [-0.4, -0.2) is 23.1 Å². The minimum absolute atomic E-state index is 0.444. The van der Waals surface area contributed by atoms with Crippen molar-refractivity contribution in [1.82, 2.24) is 9.97 Å². The first-order chi connectivity index (χ1) is 5.67. The molecule has 1 saturated heterocycles. The van der Waals surface area contributed by atoms with E-state index in [2.05, 4.69) is 28.7 Å². The maximum absolute atomic E-state index is 4.18. The van der Waals surface area contributed by atoms with Gasteiger partial charge >= 0.3 is 0 Å². The molecule has 1 fully saturated rings. The Hall–Kier alpha value is -1.12. The predicted octanol–water partition coefficient (Wildman–Crippen LogP) is 1.32. The van der Waals surface area contributed by atoms with Crippen LogP contribution in [0.1, 0.15) is 13.8 Å². The Morgan fingerprint density at radius 2 is 1.83 bits per heavy atom. The van der Waals surface area contributed by atoms with Gasteiger partial charge in [-0.25, -0.2) is 9.97 Å². The summed E-state index contributed by atoms with van der Waals surface area (Å²) in [7, 11) is 0. The van der Waals surface area contributed by atoms with Crippen molar-refractivity contribution in [2.24, 2.45) is 5.41 Å². The van der Waals surface area contributed by atoms with Crippen molar-refractivity contribution < 1.29 is 0 Å². The largest absolute Gasteiger partial charge is 0.340 e. The van der Waals surface area contributed by atoms with Gasteiger partial charge in [0.05, 0.1) is 0 Å². The van der Waals surface area contributed by atoms with Crippen LogP contribution in [0.2, 0.25) is 0 Å². The fraction of sp³-hybridized carbons (Fsp3) is 0.556. The molecule has 3 nitrogen and oxygen atoms in total. The Labute approximate surface area is 72.4 Å². The van der Waals surface area contributed by atoms with Crippen LogP contribution < -0.4 is 4.90 Å². The van der Waals surface area contributed by atoms with Crippen LogP contribution in [0.4, 0.5) is 5.95 Å². The molecule has 1 aliphatic rings. The third-order valence-corrected chi connectivity index (χ3v) is 2.07. The highest BCUT2D eigenvalue weighted by molar-refractivity contribution is 5.34. The summed E-state index contributed by atoms with van der Waals surface area (Å²) in [4.78, 5) is 10.6. The summed E-state index contributed by atoms with van der Waals surface area (Å²) in [5, 5.41) is 0. The van der Waals surface area contributed by atoms with Crippen LogP contribution in [0, 0.1) is 5.41 Å². The van der Waals surface area contributed by atoms with Gasteiger partial charge in [0.1, 0.15) is 0 Å². The molecule has 0 aliphatic carbocycles. The van der Waals surface area contributed by atoms with Gasteiger partial charge in [0.2, 0.25) is 5.95 Å². The van der Waals surface area contributed by atoms with Crippen molar-refractivity contribution in [2.45, 2.75) is 13.8 Å². The van der Waals surface area contributed by atoms with Crippen molar-refractivity contribution in [3.05, 3.63) is 18.5 Å². The number of nitrogens with zero attached hydrogens (tertiary/aromatic N) is 3. The average molecular weight is 163 g/mol. The zero-order valence-corrected chi connectivity index (χ0v) is 7.49. The lowest BCUT2D eigenvalue weighted by atomic mass is 9.85. The van der Waals surface area contributed by atoms with Crippen LogP contribution >= 0.6 is 0 Å². The van der Waals surface area contributed by atoms with E-state index in [1.807, 2.05) is 6.07 Å². The number of anilines is 1. The van der Waals surface area contributed by atoms with E-state index in [4.69, 9.17) is 0 Å². The second-order valence-electron chi connectivity index (χ2n) is 4.07. The van der Waals surface area contributed by atoms with Gasteiger partial charge in [0.15, 0.2) is 0 Å². The van der Waals surface area contributed by atoms with Crippen molar-refractivity contribution in [3.63, 3.8) is 0 Å². The highest BCUT2D eigenvalue weighted by atomic mass is 15.3. The third-order valence-electron chi connectivity index (χ3n) is 2.07. The van der Waals surface area contributed by atoms with E-state index in [0.29, 0.717) is 5.41 Å². The molecule has 0 unspecified atom stereocenters. The predicted molar refractivity (Wildman–Crippen MR) is 48.0 cm³/mol. The first-order valence-corrected chi connectivity index (χ1v) is 4.19. The van der Waals surface area contributed by atoms with Gasteiger partial charge in [0.25, 0.3) is 0 Å². The Morgan fingerprint density at radius 3 is 2.33 bits per heavy atom. The molecule has 0 N–H and O–H groups in total. The molecule has 12 heavy (non-hydrogen) atoms. The SMILES string of the molecule is CC1(C)CN(c2ncccn2)C1. The van der Waals surface area contributed by atoms with Crippen LogP contribution in [-0.2, 0) is 0 Å². The molecule has 2 heterocycles. The van der Waals surface area contributed by atoms with Gasteiger partial charge in [-0.15, -0.1) is 0 Å². The maximum Gasteiger partial charge on any atom is 0.225 e. The van der Waals surface area contributed by atoms with E-state index in [-0.39, 0.29) is 0 Å². The molecule has 0 saturated carbocycles. The highest BCUT2D eigenvalue weighted by Crippen LogP contribution is 2.30. The Balaban J connectivity index is 2.06. The normalized spacial score (nSPS) is 20.3. The molecule has 0 radical (unpaired) electrons. The second kappa shape index (κ2) is 2.44. The molecule has 64 valence electrons. The number of hydrogen-bond donors (Lipinski definition) is 0. The molecule has 0 aromatic carbocycles. The third kappa shape index (κ3) is 1.26. The molecule has 2 rings (SSSR count). The lowest BCUT2D eigenvalue weighted by Gasteiger charge is -2.45. The lowest BCUT2D eigenvalue weighted by Crippen LogP contribution is -2.53. The highest BCUT2D eigenvalue weighted by Gasteiger charge is 2.35. The van der Waals surface area contributed by atoms with Crippen molar-refractivity contribution in [2.75, 3.05) is 18.0 Å². The minimum Gasteiger partial charge on any atom is -0.340 e. The van der Waals surface area contributed by atoms with Crippen LogP contribution in [0.15, 0.2) is 18.5 Å². The van der Waals surface area contributed by atoms with E-state index >= 15 is 0 Å². The van der Waals surface area contributed by atoms with Gasteiger partial charge in [-0.2, -0.15) is 0 Å². The molecule has 3 heteroatoms. The molecule has 1 aromatic heterocycles. The van der Waals surface area contributed by atoms with Gasteiger partial charge in [-0.3, -0.25) is 0 Å². The van der Waals surface area contributed by atoms with Crippen molar-refractivity contribution in [1.29, 1.82) is 0 Å². The smallest absolute Gasteiger partial charge is 0.225 e. The summed E-state index contributed by atoms with van der Waals surface area (Å²) in [5.74, 6) is 0.858. The first kappa shape index (κ1) is 7.53. The first-order valence-electron chi connectivity index (χ1n) is 4.19. The molecule has 1 aromatic rings. The minimum atomic E-state index is 0.444. The van der Waals surface area contributed by atoms with Gasteiger partial charge in [-0.05, 0) is 11.5 Å². The zero-order valence-electron chi connectivity index (χ0n) is 7.49. The zero-order chi connectivity index (χ0) is 8.60. The molecule has 0 bridgehead atoms. The Morgan fingerprint density at radius 1 is 1.25 bits per heavy atom. The number of rotatable bonds is 1. The van der Waals surface area contributed by atoms with Gasteiger partial charge < -0.3 is 4.90 Å². The summed E-state index contributed by atoms with van der Waals surface area (Å²) in [6.07, 6.45) is 3.57. The number of hydrogen-bond acceptors (Lipinski definition) is 3. The second-order valence-corrected chi connectivity index (χ2v) is 4.07. The topological polar surface area (TPSA) is 29.0 Å². The maximum atomic E-state index is 4.18. The Bertz CT molecular complexity index is 260. The van der Waals surface area contributed by atoms with Gasteiger partial charge in [0, 0.05) is 25.5 Å². The average Bonchev–Trinajstić information content (AvgIpc) is 2.02. The number of aromatic nitrogens is 2. The van der Waals surface area contributed by atoms with E-state index in [9.17, 15) is 0 Å². The van der Waals surface area contributed by atoms with Crippen LogP contribution in [0.5, 0.6) is 0 Å². The van der Waals surface area contributed by atoms with E-state index < -0.39 is 0 Å². The van der Waals surface area contributed by atoms with Crippen LogP contribution in [0.25, 0.3) is 0 Å². The molecule has 0 spiro atoms. The standard InChI is InChI=1S/C9H13N3/c1-9(2)6-12(7-9)8-10-4-3-5-11-8/h3-5H,6-7H2,1-2H3. The van der Waals surface area contributed by atoms with Gasteiger partial charge in [-0.1, -0.05) is 13.8 Å². The molecule has 0 atom stereocenters. The molecular formula is C9H13N3. The van der Waals surface area contributed by atoms with E-state index in [0.717, 1.165) is 19.0 Å². The summed E-state index contributed by atoms with van der Waals surface area (Å²) in [5.41, 5.74) is 0.444. The fourth-order valence-electron chi connectivity index (χ4n) is 1.58. The summed E-state index contributed by atoms with van der Waals surface area (Å²) in [6, 6.07) is 1.84. The molecular weight excluding hydrogens is 150 g/mol. The molecule has 0 amide bonds. The van der Waals surface area contributed by atoms with Crippen LogP contribution in [0.3, 0.4) is 0 Å². The monoisotopic (exact) mass is 163 g/mol. The molecule has 1 aliphatic heterocycles. The quantitative estimate of drug-likeness (QED) is 0.625. The van der Waals surface area contributed by atoms with Crippen molar-refractivity contribution >= 4 is 5.95 Å². The lowest BCUT2D eigenvalue weighted by molar-refractivity contribution is 0.272. The summed E-state index contributed by atoms with van der Waals surface area (Å²) >= 11 is 0. The van der Waals surface area contributed by atoms with E-state index in [1.165, 1.54) is 0 Å².